The van der Waals surface area contributed by atoms with Crippen LogP contribution in [0.5, 0.6) is 0 Å². The van der Waals surface area contributed by atoms with Crippen molar-refractivity contribution in [2.24, 2.45) is 0 Å². The lowest BCUT2D eigenvalue weighted by Gasteiger charge is -2.13. The SMILES string of the molecule is O=S(=O)(O)CNC1=CCCCC1. The van der Waals surface area contributed by atoms with Gasteiger partial charge in [0.2, 0.25) is 0 Å². The van der Waals surface area contributed by atoms with Crippen LogP contribution in [0.15, 0.2) is 11.8 Å². The van der Waals surface area contributed by atoms with Crippen LogP contribution in [0.4, 0.5) is 0 Å². The third kappa shape index (κ3) is 3.73. The Kier molecular flexibility index (Phi) is 3.11. The smallest absolute Gasteiger partial charge is 0.283 e. The highest BCUT2D eigenvalue weighted by atomic mass is 32.2. The zero-order chi connectivity index (χ0) is 9.03. The van der Waals surface area contributed by atoms with Crippen molar-refractivity contribution < 1.29 is 13.0 Å². The highest BCUT2D eigenvalue weighted by Crippen LogP contribution is 2.14. The van der Waals surface area contributed by atoms with Gasteiger partial charge in [-0.25, -0.2) is 0 Å². The van der Waals surface area contributed by atoms with Crippen molar-refractivity contribution in [1.29, 1.82) is 0 Å². The summed E-state index contributed by atoms with van der Waals surface area (Å²) in [5, 5.41) is 2.68. The summed E-state index contributed by atoms with van der Waals surface area (Å²) in [6, 6.07) is 0. The Balaban J connectivity index is 2.36. The van der Waals surface area contributed by atoms with Gasteiger partial charge in [0.1, 0.15) is 5.88 Å². The second-order valence-corrected chi connectivity index (χ2v) is 4.33. The van der Waals surface area contributed by atoms with Crippen LogP contribution in [-0.2, 0) is 10.1 Å². The molecule has 0 aromatic rings. The molecule has 0 saturated heterocycles. The van der Waals surface area contributed by atoms with Gasteiger partial charge in [-0.1, -0.05) is 6.08 Å². The van der Waals surface area contributed by atoms with E-state index in [1.165, 1.54) is 0 Å². The minimum atomic E-state index is -3.88. The third-order valence-corrected chi connectivity index (χ3v) is 2.28. The fourth-order valence-electron chi connectivity index (χ4n) is 1.18. The van der Waals surface area contributed by atoms with Gasteiger partial charge in [-0.15, -0.1) is 0 Å². The average Bonchev–Trinajstić information content (AvgIpc) is 2.02. The summed E-state index contributed by atoms with van der Waals surface area (Å²) < 4.78 is 29.1. The van der Waals surface area contributed by atoms with Crippen molar-refractivity contribution in [2.75, 3.05) is 5.88 Å². The van der Waals surface area contributed by atoms with Crippen LogP contribution < -0.4 is 5.32 Å². The Morgan fingerprint density at radius 2 is 2.25 bits per heavy atom. The van der Waals surface area contributed by atoms with E-state index in [9.17, 15) is 8.42 Å². The maximum Gasteiger partial charge on any atom is 0.283 e. The minimum Gasteiger partial charge on any atom is -0.373 e. The number of rotatable bonds is 3. The zero-order valence-corrected chi connectivity index (χ0v) is 7.60. The van der Waals surface area contributed by atoms with Crippen molar-refractivity contribution in [3.8, 4) is 0 Å². The lowest BCUT2D eigenvalue weighted by Crippen LogP contribution is -2.22. The van der Waals surface area contributed by atoms with Crippen molar-refractivity contribution in [3.63, 3.8) is 0 Å². The van der Waals surface area contributed by atoms with Crippen LogP contribution in [0.3, 0.4) is 0 Å². The maximum atomic E-state index is 10.3. The first kappa shape index (κ1) is 9.54. The molecule has 0 atom stereocenters. The molecule has 0 aromatic heterocycles. The number of nitrogens with one attached hydrogen (secondary N) is 1. The first-order valence-corrected chi connectivity index (χ1v) is 5.57. The molecule has 1 aliphatic carbocycles. The van der Waals surface area contributed by atoms with Crippen molar-refractivity contribution in [1.82, 2.24) is 5.32 Å². The second-order valence-electron chi connectivity index (χ2n) is 2.88. The fourth-order valence-corrected chi connectivity index (χ4v) is 1.55. The molecule has 1 aliphatic rings. The molecule has 70 valence electrons. The Bertz CT molecular complexity index is 268. The molecule has 5 heteroatoms. The monoisotopic (exact) mass is 191 g/mol. The normalized spacial score (nSPS) is 18.6. The fraction of sp³-hybridized carbons (Fsp3) is 0.714. The van der Waals surface area contributed by atoms with Crippen molar-refractivity contribution in [2.45, 2.75) is 25.7 Å². The van der Waals surface area contributed by atoms with E-state index in [1.807, 2.05) is 6.08 Å². The predicted molar refractivity (Wildman–Crippen MR) is 46.1 cm³/mol. The van der Waals surface area contributed by atoms with Gasteiger partial charge >= 0.3 is 0 Å². The topological polar surface area (TPSA) is 66.4 Å². The zero-order valence-electron chi connectivity index (χ0n) is 6.78. The van der Waals surface area contributed by atoms with Gasteiger partial charge < -0.3 is 5.32 Å². The quantitative estimate of drug-likeness (QED) is 0.650. The van der Waals surface area contributed by atoms with Crippen LogP contribution in [0.2, 0.25) is 0 Å². The lowest BCUT2D eigenvalue weighted by atomic mass is 10.1. The molecule has 0 fully saturated rings. The Labute approximate surface area is 72.4 Å². The molecule has 4 nitrogen and oxygen atoms in total. The van der Waals surface area contributed by atoms with Gasteiger partial charge in [-0.05, 0) is 25.7 Å². The molecule has 0 aromatic carbocycles. The Morgan fingerprint density at radius 1 is 1.50 bits per heavy atom. The molecule has 12 heavy (non-hydrogen) atoms. The first-order valence-electron chi connectivity index (χ1n) is 3.96. The third-order valence-electron chi connectivity index (χ3n) is 1.77. The predicted octanol–water partition coefficient (Wildman–Crippen LogP) is 0.879. The van der Waals surface area contributed by atoms with Crippen LogP contribution in [-0.4, -0.2) is 18.8 Å². The van der Waals surface area contributed by atoms with Crippen LogP contribution in [0, 0.1) is 0 Å². The summed E-state index contributed by atoms with van der Waals surface area (Å²) in [5.41, 5.74) is 0.930. The van der Waals surface area contributed by atoms with E-state index in [0.29, 0.717) is 0 Å². The molecule has 0 bridgehead atoms. The highest BCUT2D eigenvalue weighted by Gasteiger charge is 2.07. The van der Waals surface area contributed by atoms with Gasteiger partial charge in [0, 0.05) is 5.70 Å². The summed E-state index contributed by atoms with van der Waals surface area (Å²) in [6.45, 7) is 0. The van der Waals surface area contributed by atoms with Crippen LogP contribution in [0.1, 0.15) is 25.7 Å². The largest absolute Gasteiger partial charge is 0.373 e. The van der Waals surface area contributed by atoms with Gasteiger partial charge in [-0.3, -0.25) is 4.55 Å². The van der Waals surface area contributed by atoms with Gasteiger partial charge in [-0.2, -0.15) is 8.42 Å². The first-order chi connectivity index (χ1) is 5.58. The van der Waals surface area contributed by atoms with E-state index in [1.54, 1.807) is 0 Å². The van der Waals surface area contributed by atoms with E-state index in [0.717, 1.165) is 31.4 Å². The van der Waals surface area contributed by atoms with E-state index < -0.39 is 10.1 Å². The molecule has 0 spiro atoms. The summed E-state index contributed by atoms with van der Waals surface area (Å²) >= 11 is 0. The molecular weight excluding hydrogens is 178 g/mol. The lowest BCUT2D eigenvalue weighted by molar-refractivity contribution is 0.478. The molecule has 0 saturated carbocycles. The summed E-state index contributed by atoms with van der Waals surface area (Å²) in [5.74, 6) is -0.376. The van der Waals surface area contributed by atoms with Crippen molar-refractivity contribution in [3.05, 3.63) is 11.8 Å². The Hall–Kier alpha value is -0.550. The van der Waals surface area contributed by atoms with Gasteiger partial charge in [0.25, 0.3) is 10.1 Å². The van der Waals surface area contributed by atoms with E-state index in [4.69, 9.17) is 4.55 Å². The summed E-state index contributed by atoms with van der Waals surface area (Å²) in [4.78, 5) is 0. The molecule has 0 amide bonds. The average molecular weight is 191 g/mol. The van der Waals surface area contributed by atoms with E-state index in [2.05, 4.69) is 5.32 Å². The van der Waals surface area contributed by atoms with E-state index >= 15 is 0 Å². The summed E-state index contributed by atoms with van der Waals surface area (Å²) in [6.07, 6.45) is 6.11. The van der Waals surface area contributed by atoms with Crippen LogP contribution >= 0.6 is 0 Å². The van der Waals surface area contributed by atoms with E-state index in [-0.39, 0.29) is 5.88 Å². The molecule has 0 unspecified atom stereocenters. The number of allylic oxidation sites excluding steroid dienone is 2. The van der Waals surface area contributed by atoms with Crippen LogP contribution in [0.25, 0.3) is 0 Å². The second kappa shape index (κ2) is 3.91. The standard InChI is InChI=1S/C7H13NO3S/c9-12(10,11)6-8-7-4-2-1-3-5-7/h4,8H,1-3,5-6H2,(H,9,10,11). The molecule has 0 radical (unpaired) electrons. The summed E-state index contributed by atoms with van der Waals surface area (Å²) in [7, 11) is -3.88. The molecule has 0 aliphatic heterocycles. The number of hydrogen-bond acceptors (Lipinski definition) is 3. The Morgan fingerprint density at radius 3 is 2.75 bits per heavy atom. The minimum absolute atomic E-state index is 0.376. The molecular formula is C7H13NO3S. The van der Waals surface area contributed by atoms with Crippen molar-refractivity contribution >= 4 is 10.1 Å². The molecule has 0 heterocycles. The maximum absolute atomic E-state index is 10.3. The molecule has 1 rings (SSSR count). The number of hydrogen-bond donors (Lipinski definition) is 2. The highest BCUT2D eigenvalue weighted by molar-refractivity contribution is 7.85. The molecule has 2 N–H and O–H groups in total. The van der Waals surface area contributed by atoms with Gasteiger partial charge in [0.05, 0.1) is 0 Å². The van der Waals surface area contributed by atoms with Gasteiger partial charge in [0.15, 0.2) is 0 Å².